The van der Waals surface area contributed by atoms with E-state index in [4.69, 9.17) is 0 Å². The Balaban J connectivity index is 1.95. The molecule has 2 aromatic rings. The van der Waals surface area contributed by atoms with Gasteiger partial charge in [0.1, 0.15) is 0 Å². The Hall–Kier alpha value is -1.83. The van der Waals surface area contributed by atoms with E-state index in [-0.39, 0.29) is 0 Å². The predicted octanol–water partition coefficient (Wildman–Crippen LogP) is 3.37. The van der Waals surface area contributed by atoms with Crippen molar-refractivity contribution < 1.29 is 4.79 Å². The molecule has 2 aromatic carbocycles. The number of carbonyl (C=O) groups excluding carboxylic acids is 1. The molecule has 19 heavy (non-hydrogen) atoms. The number of carbonyl (C=O) groups is 1. The highest BCUT2D eigenvalue weighted by Gasteiger charge is 2.36. The summed E-state index contributed by atoms with van der Waals surface area (Å²) in [6.45, 7) is 3.04. The maximum absolute atomic E-state index is 11.9. The summed E-state index contributed by atoms with van der Waals surface area (Å²) < 4.78 is 0. The summed E-state index contributed by atoms with van der Waals surface area (Å²) in [6, 6.07) is 11.4. The van der Waals surface area contributed by atoms with E-state index in [0.717, 1.165) is 25.8 Å². The number of hydrogen-bond acceptors (Lipinski definition) is 1. The van der Waals surface area contributed by atoms with Gasteiger partial charge in [0.05, 0.1) is 6.04 Å². The molecule has 1 saturated heterocycles. The van der Waals surface area contributed by atoms with Crippen LogP contribution in [0, 0.1) is 6.92 Å². The standard InChI is InChI=1S/C17H17NO/c1-11-2-3-12-4-5-14-13(15(12)10-11)8-9-18-16(14)6-7-17(18)19/h2-5,10,16H,6-9H2,1H3/t16-/m1/s1. The van der Waals surface area contributed by atoms with Gasteiger partial charge in [-0.3, -0.25) is 4.79 Å². The Morgan fingerprint density at radius 1 is 1.16 bits per heavy atom. The lowest BCUT2D eigenvalue weighted by atomic mass is 9.88. The molecule has 4 rings (SSSR count). The maximum atomic E-state index is 11.9. The molecule has 96 valence electrons. The van der Waals surface area contributed by atoms with Crippen LogP contribution < -0.4 is 0 Å². The molecular formula is C17H17NO. The minimum absolute atomic E-state index is 0.333. The van der Waals surface area contributed by atoms with E-state index >= 15 is 0 Å². The number of fused-ring (bicyclic) bond motifs is 5. The molecule has 0 saturated carbocycles. The van der Waals surface area contributed by atoms with Crippen LogP contribution in [0.15, 0.2) is 30.3 Å². The van der Waals surface area contributed by atoms with Gasteiger partial charge in [-0.05, 0) is 41.7 Å². The first-order chi connectivity index (χ1) is 9.24. The zero-order valence-electron chi connectivity index (χ0n) is 11.1. The molecule has 2 aliphatic rings. The average Bonchev–Trinajstić information content (AvgIpc) is 2.80. The van der Waals surface area contributed by atoms with Crippen molar-refractivity contribution in [2.45, 2.75) is 32.2 Å². The van der Waals surface area contributed by atoms with Crippen molar-refractivity contribution >= 4 is 16.7 Å². The van der Waals surface area contributed by atoms with E-state index in [2.05, 4.69) is 42.2 Å². The summed E-state index contributed by atoms with van der Waals surface area (Å²) in [5.74, 6) is 0.333. The molecule has 0 N–H and O–H groups in total. The highest BCUT2D eigenvalue weighted by atomic mass is 16.2. The van der Waals surface area contributed by atoms with E-state index < -0.39 is 0 Å². The summed E-state index contributed by atoms with van der Waals surface area (Å²) in [5.41, 5.74) is 4.16. The Kier molecular flexibility index (Phi) is 2.22. The molecule has 2 heterocycles. The average molecular weight is 251 g/mol. The molecule has 2 heteroatoms. The summed E-state index contributed by atoms with van der Waals surface area (Å²) in [7, 11) is 0. The number of rotatable bonds is 0. The first-order valence-electron chi connectivity index (χ1n) is 7.05. The molecule has 1 amide bonds. The van der Waals surface area contributed by atoms with Crippen molar-refractivity contribution in [2.75, 3.05) is 6.54 Å². The lowest BCUT2D eigenvalue weighted by Gasteiger charge is -2.32. The van der Waals surface area contributed by atoms with Crippen LogP contribution in [0.4, 0.5) is 0 Å². The Morgan fingerprint density at radius 2 is 2.00 bits per heavy atom. The third-order valence-corrected chi connectivity index (χ3v) is 4.61. The van der Waals surface area contributed by atoms with Crippen LogP contribution >= 0.6 is 0 Å². The van der Waals surface area contributed by atoms with Crippen molar-refractivity contribution in [2.24, 2.45) is 0 Å². The zero-order chi connectivity index (χ0) is 13.0. The second kappa shape index (κ2) is 3.83. The minimum atomic E-state index is 0.333. The number of amides is 1. The van der Waals surface area contributed by atoms with Crippen molar-refractivity contribution in [3.8, 4) is 0 Å². The molecule has 0 aliphatic carbocycles. The van der Waals surface area contributed by atoms with Crippen LogP contribution in [0.1, 0.15) is 35.6 Å². The topological polar surface area (TPSA) is 20.3 Å². The van der Waals surface area contributed by atoms with Crippen molar-refractivity contribution in [3.63, 3.8) is 0 Å². The Bertz CT molecular complexity index is 689. The zero-order valence-corrected chi connectivity index (χ0v) is 11.1. The smallest absolute Gasteiger partial charge is 0.223 e. The predicted molar refractivity (Wildman–Crippen MR) is 76.1 cm³/mol. The van der Waals surface area contributed by atoms with Gasteiger partial charge in [0.15, 0.2) is 0 Å². The van der Waals surface area contributed by atoms with Crippen LogP contribution in [0.5, 0.6) is 0 Å². The van der Waals surface area contributed by atoms with Gasteiger partial charge in [-0.25, -0.2) is 0 Å². The van der Waals surface area contributed by atoms with Crippen LogP contribution in [0.3, 0.4) is 0 Å². The van der Waals surface area contributed by atoms with Crippen LogP contribution in [0.2, 0.25) is 0 Å². The van der Waals surface area contributed by atoms with Crippen LogP contribution in [-0.4, -0.2) is 17.4 Å². The fourth-order valence-electron chi connectivity index (χ4n) is 3.67. The largest absolute Gasteiger partial charge is 0.335 e. The van der Waals surface area contributed by atoms with Crippen LogP contribution in [0.25, 0.3) is 10.8 Å². The molecule has 1 fully saturated rings. The van der Waals surface area contributed by atoms with Gasteiger partial charge in [-0.15, -0.1) is 0 Å². The number of benzene rings is 2. The molecule has 0 bridgehead atoms. The fraction of sp³-hybridized carbons (Fsp3) is 0.353. The molecule has 2 nitrogen and oxygen atoms in total. The van der Waals surface area contributed by atoms with Gasteiger partial charge in [-0.1, -0.05) is 35.9 Å². The third-order valence-electron chi connectivity index (χ3n) is 4.61. The molecular weight excluding hydrogens is 234 g/mol. The third kappa shape index (κ3) is 1.52. The molecule has 0 aromatic heterocycles. The van der Waals surface area contributed by atoms with Crippen molar-refractivity contribution in [1.82, 2.24) is 4.90 Å². The molecule has 0 unspecified atom stereocenters. The Morgan fingerprint density at radius 3 is 2.89 bits per heavy atom. The summed E-state index contributed by atoms with van der Waals surface area (Å²) >= 11 is 0. The normalized spacial score (nSPS) is 21.6. The van der Waals surface area contributed by atoms with Gasteiger partial charge in [0, 0.05) is 13.0 Å². The van der Waals surface area contributed by atoms with Gasteiger partial charge < -0.3 is 4.90 Å². The lowest BCUT2D eigenvalue weighted by Crippen LogP contribution is -2.34. The van der Waals surface area contributed by atoms with Gasteiger partial charge in [0.25, 0.3) is 0 Å². The summed E-state index contributed by atoms with van der Waals surface area (Å²) in [5, 5.41) is 2.71. The van der Waals surface area contributed by atoms with Gasteiger partial charge in [0.2, 0.25) is 5.91 Å². The SMILES string of the molecule is Cc1ccc2ccc3c(c2c1)CCN1C(=O)CC[C@H]31. The van der Waals surface area contributed by atoms with Crippen LogP contribution in [-0.2, 0) is 11.2 Å². The highest BCUT2D eigenvalue weighted by Crippen LogP contribution is 2.40. The lowest BCUT2D eigenvalue weighted by molar-refractivity contribution is -0.129. The second-order valence-electron chi connectivity index (χ2n) is 5.75. The second-order valence-corrected chi connectivity index (χ2v) is 5.75. The number of aryl methyl sites for hydroxylation is 1. The minimum Gasteiger partial charge on any atom is -0.335 e. The number of nitrogens with zero attached hydrogens (tertiary/aromatic N) is 1. The molecule has 0 spiro atoms. The maximum Gasteiger partial charge on any atom is 0.223 e. The van der Waals surface area contributed by atoms with E-state index in [9.17, 15) is 4.79 Å². The first kappa shape index (κ1) is 11.0. The quantitative estimate of drug-likeness (QED) is 0.703. The molecule has 2 aliphatic heterocycles. The van der Waals surface area contributed by atoms with Crippen molar-refractivity contribution in [3.05, 3.63) is 47.0 Å². The van der Waals surface area contributed by atoms with Crippen molar-refractivity contribution in [1.29, 1.82) is 0 Å². The summed E-state index contributed by atoms with van der Waals surface area (Å²) in [4.78, 5) is 13.9. The van der Waals surface area contributed by atoms with E-state index in [1.54, 1.807) is 0 Å². The number of hydrogen-bond donors (Lipinski definition) is 0. The fourth-order valence-corrected chi connectivity index (χ4v) is 3.67. The monoisotopic (exact) mass is 251 g/mol. The Labute approximate surface area is 113 Å². The first-order valence-corrected chi connectivity index (χ1v) is 7.05. The van der Waals surface area contributed by atoms with Gasteiger partial charge >= 0.3 is 0 Å². The van der Waals surface area contributed by atoms with E-state index in [1.165, 1.54) is 27.5 Å². The summed E-state index contributed by atoms with van der Waals surface area (Å²) in [6.07, 6.45) is 2.71. The molecule has 1 atom stereocenters. The van der Waals surface area contributed by atoms with Gasteiger partial charge in [-0.2, -0.15) is 0 Å². The van der Waals surface area contributed by atoms with E-state index in [0.29, 0.717) is 11.9 Å². The highest BCUT2D eigenvalue weighted by molar-refractivity contribution is 5.89. The molecule has 0 radical (unpaired) electrons. The van der Waals surface area contributed by atoms with E-state index in [1.807, 2.05) is 0 Å².